The van der Waals surface area contributed by atoms with Crippen LogP contribution >= 0.6 is 0 Å². The van der Waals surface area contributed by atoms with Gasteiger partial charge in [0, 0.05) is 32.9 Å². The summed E-state index contributed by atoms with van der Waals surface area (Å²) in [5.74, 6) is 1.38. The van der Waals surface area contributed by atoms with Gasteiger partial charge in [0.15, 0.2) is 11.5 Å². The Labute approximate surface area is 167 Å². The van der Waals surface area contributed by atoms with Crippen molar-refractivity contribution in [3.8, 4) is 11.5 Å². The van der Waals surface area contributed by atoms with Gasteiger partial charge in [-0.3, -0.25) is 0 Å². The highest BCUT2D eigenvalue weighted by Gasteiger charge is 2.30. The molecule has 0 saturated carbocycles. The molecule has 0 spiro atoms. The Hall–Kier alpha value is -2.89. The van der Waals surface area contributed by atoms with E-state index in [1.807, 2.05) is 49.3 Å². The van der Waals surface area contributed by atoms with E-state index in [0.29, 0.717) is 18.0 Å². The number of amides is 2. The number of benzene rings is 2. The van der Waals surface area contributed by atoms with Gasteiger partial charge < -0.3 is 24.6 Å². The summed E-state index contributed by atoms with van der Waals surface area (Å²) in [5, 5.41) is 3.06. The summed E-state index contributed by atoms with van der Waals surface area (Å²) >= 11 is 0. The molecule has 2 amide bonds. The molecule has 1 aliphatic heterocycles. The average Bonchev–Trinajstić information content (AvgIpc) is 3.21. The van der Waals surface area contributed by atoms with Crippen molar-refractivity contribution in [2.45, 2.75) is 25.4 Å². The summed E-state index contributed by atoms with van der Waals surface area (Å²) in [6.45, 7) is 1.27. The first-order valence-electron chi connectivity index (χ1n) is 9.56. The van der Waals surface area contributed by atoms with Crippen molar-refractivity contribution >= 4 is 11.7 Å². The van der Waals surface area contributed by atoms with Crippen molar-refractivity contribution in [1.82, 2.24) is 10.2 Å². The van der Waals surface area contributed by atoms with Crippen LogP contribution in [0.1, 0.15) is 30.0 Å². The number of carbonyl (C=O) groups is 1. The SMILES string of the molecule is COc1ccc(C2CCCN2C(=O)NCc2ccc(N(C)C)cc2)cc1OC. The maximum Gasteiger partial charge on any atom is 0.318 e. The van der Waals surface area contributed by atoms with Gasteiger partial charge in [-0.05, 0) is 48.2 Å². The van der Waals surface area contributed by atoms with Crippen molar-refractivity contribution in [3.63, 3.8) is 0 Å². The fourth-order valence-electron chi connectivity index (χ4n) is 3.61. The first-order valence-corrected chi connectivity index (χ1v) is 9.56. The number of rotatable bonds is 6. The number of nitrogens with one attached hydrogen (secondary N) is 1. The second-order valence-electron chi connectivity index (χ2n) is 7.19. The van der Waals surface area contributed by atoms with E-state index < -0.39 is 0 Å². The minimum absolute atomic E-state index is 0.0334. The second-order valence-corrected chi connectivity index (χ2v) is 7.19. The molecule has 1 fully saturated rings. The van der Waals surface area contributed by atoms with E-state index >= 15 is 0 Å². The lowest BCUT2D eigenvalue weighted by Gasteiger charge is -2.26. The normalized spacial score (nSPS) is 16.0. The molecule has 0 bridgehead atoms. The molecule has 0 aliphatic carbocycles. The smallest absolute Gasteiger partial charge is 0.318 e. The Kier molecular flexibility index (Phi) is 6.29. The van der Waals surface area contributed by atoms with Crippen LogP contribution < -0.4 is 19.7 Å². The van der Waals surface area contributed by atoms with Crippen LogP contribution in [0.3, 0.4) is 0 Å². The van der Waals surface area contributed by atoms with Crippen molar-refractivity contribution in [2.24, 2.45) is 0 Å². The Morgan fingerprint density at radius 3 is 2.46 bits per heavy atom. The van der Waals surface area contributed by atoms with Crippen LogP contribution in [0.15, 0.2) is 42.5 Å². The van der Waals surface area contributed by atoms with Crippen molar-refractivity contribution in [3.05, 3.63) is 53.6 Å². The lowest BCUT2D eigenvalue weighted by Crippen LogP contribution is -2.39. The standard InChI is InChI=1S/C22H29N3O3/c1-24(2)18-10-7-16(8-11-18)15-23-22(26)25-13-5-6-19(25)17-9-12-20(27-3)21(14-17)28-4/h7-12,14,19H,5-6,13,15H2,1-4H3,(H,23,26). The number of anilines is 1. The molecule has 2 aromatic rings. The monoisotopic (exact) mass is 383 g/mol. The van der Waals surface area contributed by atoms with E-state index in [4.69, 9.17) is 9.47 Å². The van der Waals surface area contributed by atoms with Gasteiger partial charge in [-0.1, -0.05) is 18.2 Å². The van der Waals surface area contributed by atoms with Crippen LogP contribution in [-0.2, 0) is 6.54 Å². The molecule has 150 valence electrons. The van der Waals surface area contributed by atoms with Crippen molar-refractivity contribution < 1.29 is 14.3 Å². The fraction of sp³-hybridized carbons (Fsp3) is 0.409. The number of hydrogen-bond donors (Lipinski definition) is 1. The Morgan fingerprint density at radius 1 is 1.11 bits per heavy atom. The molecule has 1 heterocycles. The second kappa shape index (κ2) is 8.87. The van der Waals surface area contributed by atoms with Crippen molar-refractivity contribution in [1.29, 1.82) is 0 Å². The third kappa shape index (κ3) is 4.32. The van der Waals surface area contributed by atoms with Crippen LogP contribution in [0.4, 0.5) is 10.5 Å². The first-order chi connectivity index (χ1) is 13.5. The molecule has 6 nitrogen and oxygen atoms in total. The zero-order valence-corrected chi connectivity index (χ0v) is 17.1. The summed E-state index contributed by atoms with van der Waals surface area (Å²) in [6.07, 6.45) is 1.93. The lowest BCUT2D eigenvalue weighted by molar-refractivity contribution is 0.192. The molecule has 0 radical (unpaired) electrons. The molecule has 3 rings (SSSR count). The van der Waals surface area contributed by atoms with Gasteiger partial charge in [0.25, 0.3) is 0 Å². The molecule has 1 N–H and O–H groups in total. The quantitative estimate of drug-likeness (QED) is 0.824. The third-order valence-corrected chi connectivity index (χ3v) is 5.20. The van der Waals surface area contributed by atoms with Gasteiger partial charge >= 0.3 is 6.03 Å². The van der Waals surface area contributed by atoms with Gasteiger partial charge in [0.2, 0.25) is 0 Å². The number of nitrogens with zero attached hydrogens (tertiary/aromatic N) is 2. The molecular weight excluding hydrogens is 354 g/mol. The molecule has 28 heavy (non-hydrogen) atoms. The van der Waals surface area contributed by atoms with E-state index in [1.165, 1.54) is 0 Å². The van der Waals surface area contributed by atoms with Crippen LogP contribution in [-0.4, -0.2) is 45.8 Å². The Balaban J connectivity index is 1.66. The minimum atomic E-state index is -0.0334. The molecule has 1 unspecified atom stereocenters. The zero-order valence-electron chi connectivity index (χ0n) is 17.1. The highest BCUT2D eigenvalue weighted by atomic mass is 16.5. The molecule has 1 atom stereocenters. The van der Waals surface area contributed by atoms with Crippen LogP contribution in [0, 0.1) is 0 Å². The molecule has 1 saturated heterocycles. The number of likely N-dealkylation sites (tertiary alicyclic amines) is 1. The number of urea groups is 1. The molecule has 2 aromatic carbocycles. The number of hydrogen-bond acceptors (Lipinski definition) is 4. The first kappa shape index (κ1) is 19.9. The third-order valence-electron chi connectivity index (χ3n) is 5.20. The maximum atomic E-state index is 12.8. The lowest BCUT2D eigenvalue weighted by atomic mass is 10.0. The molecule has 0 aromatic heterocycles. The van der Waals surface area contributed by atoms with E-state index in [0.717, 1.165) is 36.2 Å². The summed E-state index contributed by atoms with van der Waals surface area (Å²) in [6, 6.07) is 14.1. The van der Waals surface area contributed by atoms with E-state index in [-0.39, 0.29) is 12.1 Å². The van der Waals surface area contributed by atoms with Crippen molar-refractivity contribution in [2.75, 3.05) is 39.8 Å². The van der Waals surface area contributed by atoms with E-state index in [1.54, 1.807) is 14.2 Å². The van der Waals surface area contributed by atoms with Gasteiger partial charge in [-0.2, -0.15) is 0 Å². The molecular formula is C22H29N3O3. The predicted molar refractivity (Wildman–Crippen MR) is 111 cm³/mol. The summed E-state index contributed by atoms with van der Waals surface area (Å²) in [5.41, 5.74) is 3.30. The van der Waals surface area contributed by atoms with Gasteiger partial charge in [-0.15, -0.1) is 0 Å². The average molecular weight is 383 g/mol. The predicted octanol–water partition coefficient (Wildman–Crippen LogP) is 3.82. The Bertz CT molecular complexity index is 805. The minimum Gasteiger partial charge on any atom is -0.493 e. The highest BCUT2D eigenvalue weighted by molar-refractivity contribution is 5.75. The van der Waals surface area contributed by atoms with Gasteiger partial charge in [-0.25, -0.2) is 4.79 Å². The van der Waals surface area contributed by atoms with Crippen LogP contribution in [0.5, 0.6) is 11.5 Å². The topological polar surface area (TPSA) is 54.0 Å². The van der Waals surface area contributed by atoms with Crippen LogP contribution in [0.25, 0.3) is 0 Å². The number of ether oxygens (including phenoxy) is 2. The Morgan fingerprint density at radius 2 is 1.82 bits per heavy atom. The summed E-state index contributed by atoms with van der Waals surface area (Å²) < 4.78 is 10.7. The zero-order chi connectivity index (χ0) is 20.1. The number of carbonyl (C=O) groups excluding carboxylic acids is 1. The maximum absolute atomic E-state index is 12.8. The summed E-state index contributed by atoms with van der Waals surface area (Å²) in [4.78, 5) is 16.8. The fourth-order valence-corrected chi connectivity index (χ4v) is 3.61. The van der Waals surface area contributed by atoms with Gasteiger partial charge in [0.1, 0.15) is 0 Å². The van der Waals surface area contributed by atoms with E-state index in [9.17, 15) is 4.79 Å². The van der Waals surface area contributed by atoms with E-state index in [2.05, 4.69) is 22.3 Å². The molecule has 1 aliphatic rings. The van der Waals surface area contributed by atoms with Gasteiger partial charge in [0.05, 0.1) is 20.3 Å². The largest absolute Gasteiger partial charge is 0.493 e. The highest BCUT2D eigenvalue weighted by Crippen LogP contribution is 2.36. The number of methoxy groups -OCH3 is 2. The molecule has 6 heteroatoms. The summed E-state index contributed by atoms with van der Waals surface area (Å²) in [7, 11) is 7.27. The van der Waals surface area contributed by atoms with Crippen LogP contribution in [0.2, 0.25) is 0 Å².